The first kappa shape index (κ1) is 11.8. The number of pyridine rings is 1. The molecule has 2 heterocycles. The van der Waals surface area contributed by atoms with E-state index in [0.29, 0.717) is 21.5 Å². The van der Waals surface area contributed by atoms with E-state index in [4.69, 9.17) is 5.26 Å². The van der Waals surface area contributed by atoms with Crippen LogP contribution in [-0.2, 0) is 0 Å². The van der Waals surface area contributed by atoms with Gasteiger partial charge < -0.3 is 0 Å². The van der Waals surface area contributed by atoms with Crippen LogP contribution < -0.4 is 0 Å². The molecule has 2 aromatic heterocycles. The summed E-state index contributed by atoms with van der Waals surface area (Å²) in [6, 6.07) is 10.1. The zero-order valence-electron chi connectivity index (χ0n) is 9.51. The van der Waals surface area contributed by atoms with Crippen molar-refractivity contribution in [2.45, 2.75) is 0 Å². The van der Waals surface area contributed by atoms with Crippen LogP contribution in [0.1, 0.15) is 5.56 Å². The van der Waals surface area contributed by atoms with E-state index in [1.807, 2.05) is 0 Å². The number of nitriles is 1. The third-order valence-electron chi connectivity index (χ3n) is 2.71. The summed E-state index contributed by atoms with van der Waals surface area (Å²) in [5.41, 5.74) is 1.86. The van der Waals surface area contributed by atoms with E-state index in [0.717, 1.165) is 5.56 Å². The molecule has 0 aliphatic carbocycles. The van der Waals surface area contributed by atoms with Crippen LogP contribution >= 0.6 is 15.9 Å². The first-order chi connectivity index (χ1) is 9.19. The summed E-state index contributed by atoms with van der Waals surface area (Å²) in [4.78, 5) is 0. The minimum atomic E-state index is -0.338. The molecule has 3 rings (SSSR count). The van der Waals surface area contributed by atoms with E-state index in [1.165, 1.54) is 6.07 Å². The van der Waals surface area contributed by atoms with Gasteiger partial charge in [-0.1, -0.05) is 0 Å². The van der Waals surface area contributed by atoms with Crippen LogP contribution in [0.3, 0.4) is 0 Å². The van der Waals surface area contributed by atoms with Gasteiger partial charge in [0, 0.05) is 11.8 Å². The van der Waals surface area contributed by atoms with Crippen LogP contribution in [0, 0.1) is 17.1 Å². The predicted octanol–water partition coefficient (Wildman–Crippen LogP) is 3.17. The largest absolute Gasteiger partial charge is 0.281 e. The quantitative estimate of drug-likeness (QED) is 0.693. The van der Waals surface area contributed by atoms with Crippen LogP contribution in [-0.4, -0.2) is 14.6 Å². The van der Waals surface area contributed by atoms with E-state index in [1.54, 1.807) is 34.9 Å². The van der Waals surface area contributed by atoms with E-state index >= 15 is 0 Å². The molecular weight excluding hydrogens is 311 g/mol. The molecule has 0 saturated carbocycles. The van der Waals surface area contributed by atoms with Gasteiger partial charge in [-0.25, -0.2) is 4.39 Å². The molecule has 0 aliphatic heterocycles. The van der Waals surface area contributed by atoms with Crippen LogP contribution in [0.25, 0.3) is 17.0 Å². The molecule has 0 fully saturated rings. The van der Waals surface area contributed by atoms with Crippen molar-refractivity contribution in [2.24, 2.45) is 0 Å². The summed E-state index contributed by atoms with van der Waals surface area (Å²) < 4.78 is 15.3. The fraction of sp³-hybridized carbons (Fsp3) is 0. The highest BCUT2D eigenvalue weighted by Crippen LogP contribution is 2.24. The zero-order valence-corrected chi connectivity index (χ0v) is 11.1. The van der Waals surface area contributed by atoms with Crippen LogP contribution in [0.2, 0.25) is 0 Å². The highest BCUT2D eigenvalue weighted by molar-refractivity contribution is 9.10. The summed E-state index contributed by atoms with van der Waals surface area (Å²) in [5.74, 6) is 0.225. The Morgan fingerprint density at radius 2 is 2.05 bits per heavy atom. The van der Waals surface area contributed by atoms with Gasteiger partial charge in [-0.05, 0) is 46.3 Å². The fourth-order valence-electron chi connectivity index (χ4n) is 1.79. The Balaban J connectivity index is 2.24. The van der Waals surface area contributed by atoms with Crippen molar-refractivity contribution in [1.29, 1.82) is 5.26 Å². The molecule has 19 heavy (non-hydrogen) atoms. The van der Waals surface area contributed by atoms with Crippen LogP contribution in [0.5, 0.6) is 0 Å². The minimum absolute atomic E-state index is 0.338. The second-order valence-electron chi connectivity index (χ2n) is 3.91. The average Bonchev–Trinajstić information content (AvgIpc) is 2.84. The number of aromatic nitrogens is 3. The van der Waals surface area contributed by atoms with E-state index in [-0.39, 0.29) is 5.82 Å². The molecule has 0 unspecified atom stereocenters. The topological polar surface area (TPSA) is 54.0 Å². The van der Waals surface area contributed by atoms with E-state index < -0.39 is 0 Å². The molecule has 1 aromatic carbocycles. The maximum absolute atomic E-state index is 13.2. The van der Waals surface area contributed by atoms with Gasteiger partial charge in [0.05, 0.1) is 10.0 Å². The summed E-state index contributed by atoms with van der Waals surface area (Å²) in [6.07, 6.45) is 1.65. The summed E-state index contributed by atoms with van der Waals surface area (Å²) >= 11 is 3.14. The summed E-state index contributed by atoms with van der Waals surface area (Å²) in [5, 5.41) is 17.0. The molecule has 0 N–H and O–H groups in total. The number of hydrogen-bond acceptors (Lipinski definition) is 3. The Kier molecular flexibility index (Phi) is 2.76. The van der Waals surface area contributed by atoms with Crippen molar-refractivity contribution in [1.82, 2.24) is 14.6 Å². The van der Waals surface area contributed by atoms with E-state index in [2.05, 4.69) is 32.2 Å². The molecule has 0 saturated heterocycles. The van der Waals surface area contributed by atoms with Gasteiger partial charge in [0.15, 0.2) is 11.5 Å². The Hall–Kier alpha value is -2.26. The van der Waals surface area contributed by atoms with Crippen molar-refractivity contribution in [2.75, 3.05) is 0 Å². The van der Waals surface area contributed by atoms with Gasteiger partial charge in [0.25, 0.3) is 0 Å². The molecule has 92 valence electrons. The number of hydrogen-bond donors (Lipinski definition) is 0. The minimum Gasteiger partial charge on any atom is -0.281 e. The van der Waals surface area contributed by atoms with Crippen molar-refractivity contribution in [3.63, 3.8) is 0 Å². The number of rotatable bonds is 1. The molecule has 4 nitrogen and oxygen atoms in total. The highest BCUT2D eigenvalue weighted by atomic mass is 79.9. The van der Waals surface area contributed by atoms with Gasteiger partial charge in [-0.2, -0.15) is 5.26 Å². The lowest BCUT2D eigenvalue weighted by atomic mass is 10.2. The van der Waals surface area contributed by atoms with Crippen molar-refractivity contribution in [3.8, 4) is 17.5 Å². The number of nitrogens with zero attached hydrogens (tertiary/aromatic N) is 4. The fourth-order valence-corrected chi connectivity index (χ4v) is 2.17. The van der Waals surface area contributed by atoms with Gasteiger partial charge in [-0.15, -0.1) is 10.2 Å². The molecular formula is C13H6BrFN4. The van der Waals surface area contributed by atoms with Crippen LogP contribution in [0.4, 0.5) is 4.39 Å². The monoisotopic (exact) mass is 316 g/mol. The maximum Gasteiger partial charge on any atom is 0.168 e. The molecule has 0 radical (unpaired) electrons. The predicted molar refractivity (Wildman–Crippen MR) is 70.8 cm³/mol. The maximum atomic E-state index is 13.2. The number of fused-ring (bicyclic) bond motifs is 1. The zero-order chi connectivity index (χ0) is 13.4. The molecule has 0 spiro atoms. The molecule has 3 aromatic rings. The Labute approximate surface area is 116 Å². The normalized spacial score (nSPS) is 10.6. The Bertz CT molecular complexity index is 819. The third-order valence-corrected chi connectivity index (χ3v) is 3.32. The highest BCUT2D eigenvalue weighted by Gasteiger charge is 2.10. The van der Waals surface area contributed by atoms with Gasteiger partial charge in [-0.3, -0.25) is 4.40 Å². The van der Waals surface area contributed by atoms with Crippen molar-refractivity contribution in [3.05, 3.63) is 52.4 Å². The smallest absolute Gasteiger partial charge is 0.168 e. The first-order valence-electron chi connectivity index (χ1n) is 5.39. The lowest BCUT2D eigenvalue weighted by Crippen LogP contribution is -1.91. The molecule has 0 bridgehead atoms. The van der Waals surface area contributed by atoms with Gasteiger partial charge >= 0.3 is 0 Å². The van der Waals surface area contributed by atoms with Gasteiger partial charge in [0.2, 0.25) is 0 Å². The lowest BCUT2D eigenvalue weighted by molar-refractivity contribution is 0.621. The Morgan fingerprint density at radius 1 is 1.21 bits per heavy atom. The first-order valence-corrected chi connectivity index (χ1v) is 6.18. The van der Waals surface area contributed by atoms with Gasteiger partial charge in [0.1, 0.15) is 11.9 Å². The standard InChI is InChI=1S/C13H6BrFN4/c14-10-5-9(2-3-11(10)15)13-18-17-12-4-1-8(6-16)7-19(12)13/h1-5,7H. The van der Waals surface area contributed by atoms with Crippen LogP contribution in [0.15, 0.2) is 41.0 Å². The average molecular weight is 317 g/mol. The lowest BCUT2D eigenvalue weighted by Gasteiger charge is -2.02. The number of halogens is 2. The number of benzene rings is 1. The molecule has 6 heteroatoms. The Morgan fingerprint density at radius 3 is 2.79 bits per heavy atom. The third kappa shape index (κ3) is 1.98. The second-order valence-corrected chi connectivity index (χ2v) is 4.76. The summed E-state index contributed by atoms with van der Waals surface area (Å²) in [6.45, 7) is 0. The van der Waals surface area contributed by atoms with E-state index in [9.17, 15) is 4.39 Å². The van der Waals surface area contributed by atoms with Crippen molar-refractivity contribution < 1.29 is 4.39 Å². The van der Waals surface area contributed by atoms with Crippen molar-refractivity contribution >= 4 is 21.6 Å². The summed E-state index contributed by atoms with van der Waals surface area (Å²) in [7, 11) is 0. The molecule has 0 atom stereocenters. The second kappa shape index (κ2) is 4.44. The molecule has 0 amide bonds. The molecule has 0 aliphatic rings. The SMILES string of the molecule is N#Cc1ccc2nnc(-c3ccc(F)c(Br)c3)n2c1.